The first-order chi connectivity index (χ1) is 8.29. The van der Waals surface area contributed by atoms with Crippen molar-refractivity contribution in [3.05, 3.63) is 24.2 Å². The lowest BCUT2D eigenvalue weighted by atomic mass is 9.97. The van der Waals surface area contributed by atoms with Gasteiger partial charge in [-0.15, -0.1) is 0 Å². The minimum absolute atomic E-state index is 0.658. The SMILES string of the molecule is CCC(C)C1CN(CCc2ccco2)CCN1. The topological polar surface area (TPSA) is 28.4 Å². The van der Waals surface area contributed by atoms with E-state index in [1.54, 1.807) is 6.26 Å². The van der Waals surface area contributed by atoms with E-state index in [1.165, 1.54) is 13.0 Å². The van der Waals surface area contributed by atoms with Crippen LogP contribution in [0.3, 0.4) is 0 Å². The zero-order chi connectivity index (χ0) is 12.1. The average Bonchev–Trinajstić information content (AvgIpc) is 2.89. The quantitative estimate of drug-likeness (QED) is 0.849. The third kappa shape index (κ3) is 3.58. The summed E-state index contributed by atoms with van der Waals surface area (Å²) in [5, 5.41) is 3.63. The van der Waals surface area contributed by atoms with Gasteiger partial charge >= 0.3 is 0 Å². The zero-order valence-electron chi connectivity index (χ0n) is 11.0. The van der Waals surface area contributed by atoms with Gasteiger partial charge < -0.3 is 14.6 Å². The van der Waals surface area contributed by atoms with Gasteiger partial charge in [0.05, 0.1) is 6.26 Å². The summed E-state index contributed by atoms with van der Waals surface area (Å²) in [5.41, 5.74) is 0. The van der Waals surface area contributed by atoms with Crippen molar-refractivity contribution in [3.8, 4) is 0 Å². The molecular weight excluding hydrogens is 212 g/mol. The standard InChI is InChI=1S/C14H24N2O/c1-3-12(2)14-11-16(9-7-15-14)8-6-13-5-4-10-17-13/h4-5,10,12,14-15H,3,6-9,11H2,1-2H3. The second-order valence-corrected chi connectivity index (χ2v) is 5.08. The van der Waals surface area contributed by atoms with Crippen LogP contribution in [0.25, 0.3) is 0 Å². The molecule has 2 atom stereocenters. The normalized spacial score (nSPS) is 23.8. The van der Waals surface area contributed by atoms with Crippen LogP contribution < -0.4 is 5.32 Å². The molecule has 2 heterocycles. The maximum absolute atomic E-state index is 5.38. The minimum Gasteiger partial charge on any atom is -0.469 e. The van der Waals surface area contributed by atoms with Crippen LogP contribution in [0.1, 0.15) is 26.0 Å². The predicted molar refractivity (Wildman–Crippen MR) is 70.1 cm³/mol. The van der Waals surface area contributed by atoms with Crippen LogP contribution in [0.4, 0.5) is 0 Å². The number of piperazine rings is 1. The van der Waals surface area contributed by atoms with E-state index in [1.807, 2.05) is 6.07 Å². The van der Waals surface area contributed by atoms with Crippen molar-refractivity contribution in [3.63, 3.8) is 0 Å². The Hall–Kier alpha value is -0.800. The molecule has 0 amide bonds. The van der Waals surface area contributed by atoms with Crippen molar-refractivity contribution in [1.29, 1.82) is 0 Å². The summed E-state index contributed by atoms with van der Waals surface area (Å²) < 4.78 is 5.38. The van der Waals surface area contributed by atoms with Gasteiger partial charge in [0.1, 0.15) is 5.76 Å². The number of hydrogen-bond acceptors (Lipinski definition) is 3. The minimum atomic E-state index is 0.658. The first-order valence-corrected chi connectivity index (χ1v) is 6.77. The maximum atomic E-state index is 5.38. The molecule has 1 fully saturated rings. The number of nitrogens with zero attached hydrogens (tertiary/aromatic N) is 1. The van der Waals surface area contributed by atoms with Gasteiger partial charge in [0.15, 0.2) is 0 Å². The van der Waals surface area contributed by atoms with Gasteiger partial charge in [0, 0.05) is 38.6 Å². The monoisotopic (exact) mass is 236 g/mol. The lowest BCUT2D eigenvalue weighted by molar-refractivity contribution is 0.168. The molecule has 3 heteroatoms. The molecule has 0 aliphatic carbocycles. The molecular formula is C14H24N2O. The Balaban J connectivity index is 1.77. The van der Waals surface area contributed by atoms with Crippen molar-refractivity contribution in [2.75, 3.05) is 26.2 Å². The fourth-order valence-electron chi connectivity index (χ4n) is 2.43. The highest BCUT2D eigenvalue weighted by Gasteiger charge is 2.22. The molecule has 1 aromatic rings. The van der Waals surface area contributed by atoms with Crippen molar-refractivity contribution in [2.45, 2.75) is 32.7 Å². The van der Waals surface area contributed by atoms with E-state index in [-0.39, 0.29) is 0 Å². The Morgan fingerprint density at radius 2 is 2.47 bits per heavy atom. The van der Waals surface area contributed by atoms with Crippen LogP contribution in [0.5, 0.6) is 0 Å². The molecule has 1 aliphatic rings. The van der Waals surface area contributed by atoms with E-state index in [2.05, 4.69) is 30.1 Å². The van der Waals surface area contributed by atoms with E-state index in [0.717, 1.165) is 37.7 Å². The van der Waals surface area contributed by atoms with Crippen molar-refractivity contribution in [2.24, 2.45) is 5.92 Å². The molecule has 1 saturated heterocycles. The number of rotatable bonds is 5. The van der Waals surface area contributed by atoms with E-state index in [0.29, 0.717) is 6.04 Å². The Morgan fingerprint density at radius 1 is 1.59 bits per heavy atom. The molecule has 0 spiro atoms. The molecule has 0 radical (unpaired) electrons. The number of furan rings is 1. The highest BCUT2D eigenvalue weighted by atomic mass is 16.3. The number of nitrogens with one attached hydrogen (secondary N) is 1. The van der Waals surface area contributed by atoms with E-state index < -0.39 is 0 Å². The molecule has 2 rings (SSSR count). The van der Waals surface area contributed by atoms with Crippen LogP contribution in [-0.4, -0.2) is 37.1 Å². The molecule has 0 aromatic carbocycles. The smallest absolute Gasteiger partial charge is 0.105 e. The third-order valence-electron chi connectivity index (χ3n) is 3.87. The van der Waals surface area contributed by atoms with Gasteiger partial charge in [0.25, 0.3) is 0 Å². The fourth-order valence-corrected chi connectivity index (χ4v) is 2.43. The molecule has 0 saturated carbocycles. The van der Waals surface area contributed by atoms with Gasteiger partial charge in [-0.1, -0.05) is 20.3 Å². The Labute approximate surface area is 104 Å². The number of hydrogen-bond donors (Lipinski definition) is 1. The van der Waals surface area contributed by atoms with Crippen LogP contribution in [0.15, 0.2) is 22.8 Å². The highest BCUT2D eigenvalue weighted by Crippen LogP contribution is 2.12. The lowest BCUT2D eigenvalue weighted by Gasteiger charge is -2.36. The molecule has 3 nitrogen and oxygen atoms in total. The largest absolute Gasteiger partial charge is 0.469 e. The Kier molecular flexibility index (Phi) is 4.63. The summed E-state index contributed by atoms with van der Waals surface area (Å²) in [6.07, 6.45) is 4.04. The molecule has 1 aromatic heterocycles. The van der Waals surface area contributed by atoms with Crippen LogP contribution in [0, 0.1) is 5.92 Å². The lowest BCUT2D eigenvalue weighted by Crippen LogP contribution is -2.53. The average molecular weight is 236 g/mol. The fraction of sp³-hybridized carbons (Fsp3) is 0.714. The van der Waals surface area contributed by atoms with E-state index >= 15 is 0 Å². The predicted octanol–water partition coefficient (Wildman–Crippen LogP) is 2.14. The first kappa shape index (κ1) is 12.7. The summed E-state index contributed by atoms with van der Waals surface area (Å²) in [5.74, 6) is 1.87. The first-order valence-electron chi connectivity index (χ1n) is 6.77. The molecule has 17 heavy (non-hydrogen) atoms. The van der Waals surface area contributed by atoms with Gasteiger partial charge in [-0.3, -0.25) is 0 Å². The summed E-state index contributed by atoms with van der Waals surface area (Å²) in [6, 6.07) is 4.69. The van der Waals surface area contributed by atoms with E-state index in [4.69, 9.17) is 4.42 Å². The Morgan fingerprint density at radius 3 is 3.18 bits per heavy atom. The van der Waals surface area contributed by atoms with Crippen molar-refractivity contribution < 1.29 is 4.42 Å². The van der Waals surface area contributed by atoms with Gasteiger partial charge in [-0.05, 0) is 18.1 Å². The third-order valence-corrected chi connectivity index (χ3v) is 3.87. The second kappa shape index (κ2) is 6.22. The molecule has 1 aliphatic heterocycles. The summed E-state index contributed by atoms with van der Waals surface area (Å²) in [6.45, 7) is 9.18. The molecule has 96 valence electrons. The summed E-state index contributed by atoms with van der Waals surface area (Å²) >= 11 is 0. The zero-order valence-corrected chi connectivity index (χ0v) is 11.0. The van der Waals surface area contributed by atoms with Gasteiger partial charge in [-0.25, -0.2) is 0 Å². The van der Waals surface area contributed by atoms with Crippen LogP contribution >= 0.6 is 0 Å². The van der Waals surface area contributed by atoms with Gasteiger partial charge in [0.2, 0.25) is 0 Å². The molecule has 0 bridgehead atoms. The molecule has 2 unspecified atom stereocenters. The second-order valence-electron chi connectivity index (χ2n) is 5.08. The van der Waals surface area contributed by atoms with Crippen molar-refractivity contribution in [1.82, 2.24) is 10.2 Å². The Bertz CT molecular complexity index is 310. The maximum Gasteiger partial charge on any atom is 0.105 e. The summed E-state index contributed by atoms with van der Waals surface area (Å²) in [7, 11) is 0. The summed E-state index contributed by atoms with van der Waals surface area (Å²) in [4.78, 5) is 2.55. The van der Waals surface area contributed by atoms with Crippen LogP contribution in [-0.2, 0) is 6.42 Å². The van der Waals surface area contributed by atoms with Crippen molar-refractivity contribution >= 4 is 0 Å². The van der Waals surface area contributed by atoms with Crippen LogP contribution in [0.2, 0.25) is 0 Å². The molecule has 1 N–H and O–H groups in total. The highest BCUT2D eigenvalue weighted by molar-refractivity contribution is 4.98. The van der Waals surface area contributed by atoms with Gasteiger partial charge in [-0.2, -0.15) is 0 Å². The van der Waals surface area contributed by atoms with E-state index in [9.17, 15) is 0 Å².